The number of hydrogen-bond donors (Lipinski definition) is 1. The van der Waals surface area contributed by atoms with Crippen LogP contribution in [0.25, 0.3) is 0 Å². The fourth-order valence-electron chi connectivity index (χ4n) is 2.06. The molecule has 0 amide bonds. The van der Waals surface area contributed by atoms with Crippen molar-refractivity contribution >= 4 is 0 Å². The third kappa shape index (κ3) is 2.15. The van der Waals surface area contributed by atoms with Gasteiger partial charge in [0.25, 0.3) is 0 Å². The molecule has 0 spiro atoms. The van der Waals surface area contributed by atoms with E-state index < -0.39 is 0 Å². The monoisotopic (exact) mass is 206 g/mol. The van der Waals surface area contributed by atoms with Crippen LogP contribution in [0.1, 0.15) is 30.4 Å². The van der Waals surface area contributed by atoms with Gasteiger partial charge in [-0.05, 0) is 50.3 Å². The molecule has 1 aromatic carbocycles. The molecule has 1 aromatic rings. The number of aliphatic hydroxyl groups is 1. The van der Waals surface area contributed by atoms with Gasteiger partial charge in [0.05, 0.1) is 6.10 Å². The van der Waals surface area contributed by atoms with Crippen molar-refractivity contribution in [3.63, 3.8) is 0 Å². The lowest BCUT2D eigenvalue weighted by Gasteiger charge is -2.19. The van der Waals surface area contributed by atoms with Crippen LogP contribution in [-0.4, -0.2) is 17.3 Å². The quantitative estimate of drug-likeness (QED) is 0.806. The molecule has 2 heteroatoms. The van der Waals surface area contributed by atoms with Crippen LogP contribution in [0.15, 0.2) is 18.2 Å². The molecule has 1 N–H and O–H groups in total. The molecule has 1 fully saturated rings. The maximum absolute atomic E-state index is 9.69. The highest BCUT2D eigenvalue weighted by molar-refractivity contribution is 5.38. The smallest absolute Gasteiger partial charge is 0.124 e. The van der Waals surface area contributed by atoms with Gasteiger partial charge in [-0.25, -0.2) is 0 Å². The fraction of sp³-hybridized carbons (Fsp3) is 0.538. The molecule has 0 saturated heterocycles. The van der Waals surface area contributed by atoms with Crippen molar-refractivity contribution in [2.24, 2.45) is 0 Å². The second-order valence-electron chi connectivity index (χ2n) is 4.35. The first-order chi connectivity index (χ1) is 7.18. The second-order valence-corrected chi connectivity index (χ2v) is 4.35. The van der Waals surface area contributed by atoms with Crippen LogP contribution in [-0.2, 0) is 0 Å². The minimum Gasteiger partial charge on any atom is -0.487 e. The molecule has 1 saturated carbocycles. The number of aliphatic hydroxyl groups excluding tert-OH is 1. The Labute approximate surface area is 90.9 Å². The van der Waals surface area contributed by atoms with Crippen molar-refractivity contribution in [2.45, 2.75) is 45.3 Å². The molecule has 0 bridgehead atoms. The van der Waals surface area contributed by atoms with Crippen LogP contribution in [0, 0.1) is 13.8 Å². The average Bonchev–Trinajstić information content (AvgIpc) is 2.60. The van der Waals surface area contributed by atoms with Crippen LogP contribution in [0.3, 0.4) is 0 Å². The Balaban J connectivity index is 2.13. The number of benzene rings is 1. The zero-order chi connectivity index (χ0) is 10.8. The van der Waals surface area contributed by atoms with Gasteiger partial charge in [-0.3, -0.25) is 0 Å². The molecular formula is C13H18O2. The summed E-state index contributed by atoms with van der Waals surface area (Å²) < 4.78 is 5.85. The highest BCUT2D eigenvalue weighted by atomic mass is 16.5. The molecule has 0 radical (unpaired) electrons. The minimum atomic E-state index is -0.287. The first-order valence-electron chi connectivity index (χ1n) is 5.59. The topological polar surface area (TPSA) is 29.5 Å². The molecule has 0 heterocycles. The minimum absolute atomic E-state index is 0.00880. The molecule has 2 nitrogen and oxygen atoms in total. The number of aryl methyl sites for hydroxylation is 1. The van der Waals surface area contributed by atoms with Gasteiger partial charge >= 0.3 is 0 Å². The third-order valence-electron chi connectivity index (χ3n) is 3.25. The Morgan fingerprint density at radius 1 is 1.27 bits per heavy atom. The predicted octanol–water partition coefficient (Wildman–Crippen LogP) is 2.60. The van der Waals surface area contributed by atoms with Crippen LogP contribution < -0.4 is 4.74 Å². The lowest BCUT2D eigenvalue weighted by molar-refractivity contribution is 0.0599. The van der Waals surface area contributed by atoms with Crippen molar-refractivity contribution in [3.05, 3.63) is 29.3 Å². The Kier molecular flexibility index (Phi) is 2.96. The number of hydrogen-bond acceptors (Lipinski definition) is 2. The van der Waals surface area contributed by atoms with Gasteiger partial charge in [0, 0.05) is 0 Å². The maximum Gasteiger partial charge on any atom is 0.124 e. The lowest BCUT2D eigenvalue weighted by Crippen LogP contribution is -2.25. The van der Waals surface area contributed by atoms with E-state index in [2.05, 4.69) is 19.9 Å². The number of ether oxygens (including phenoxy) is 1. The summed E-state index contributed by atoms with van der Waals surface area (Å²) in [7, 11) is 0. The summed E-state index contributed by atoms with van der Waals surface area (Å²) in [6, 6.07) is 6.06. The maximum atomic E-state index is 9.69. The van der Waals surface area contributed by atoms with E-state index in [1.807, 2.05) is 12.1 Å². The summed E-state index contributed by atoms with van der Waals surface area (Å²) >= 11 is 0. The van der Waals surface area contributed by atoms with Gasteiger partial charge in [-0.15, -0.1) is 0 Å². The van der Waals surface area contributed by atoms with E-state index in [9.17, 15) is 5.11 Å². The van der Waals surface area contributed by atoms with Crippen molar-refractivity contribution < 1.29 is 9.84 Å². The standard InChI is InChI=1S/C13H18O2/c1-9-5-3-7-12(10(9)2)15-13-8-4-6-11(13)14/h3,5,7,11,13-14H,4,6,8H2,1-2H3/t11-,13-/m0/s1. The van der Waals surface area contributed by atoms with Crippen molar-refractivity contribution in [2.75, 3.05) is 0 Å². The highest BCUT2D eigenvalue weighted by Gasteiger charge is 2.27. The van der Waals surface area contributed by atoms with Crippen LogP contribution in [0.5, 0.6) is 5.75 Å². The summed E-state index contributed by atoms with van der Waals surface area (Å²) in [5, 5.41) is 9.69. The van der Waals surface area contributed by atoms with E-state index in [0.717, 1.165) is 25.0 Å². The van der Waals surface area contributed by atoms with Crippen LogP contribution >= 0.6 is 0 Å². The van der Waals surface area contributed by atoms with Gasteiger partial charge in [-0.1, -0.05) is 12.1 Å². The predicted molar refractivity (Wildman–Crippen MR) is 60.2 cm³/mol. The van der Waals surface area contributed by atoms with Gasteiger partial charge in [0.15, 0.2) is 0 Å². The Morgan fingerprint density at radius 3 is 2.73 bits per heavy atom. The third-order valence-corrected chi connectivity index (χ3v) is 3.25. The van der Waals surface area contributed by atoms with Gasteiger partial charge < -0.3 is 9.84 Å². The Morgan fingerprint density at radius 2 is 2.07 bits per heavy atom. The van der Waals surface area contributed by atoms with Gasteiger partial charge in [0.1, 0.15) is 11.9 Å². The highest BCUT2D eigenvalue weighted by Crippen LogP contribution is 2.27. The average molecular weight is 206 g/mol. The largest absolute Gasteiger partial charge is 0.487 e. The zero-order valence-electron chi connectivity index (χ0n) is 9.36. The zero-order valence-corrected chi connectivity index (χ0v) is 9.36. The molecule has 0 unspecified atom stereocenters. The second kappa shape index (κ2) is 4.23. The first kappa shape index (κ1) is 10.5. The SMILES string of the molecule is Cc1cccc(O[C@H]2CCC[C@@H]2O)c1C. The summed E-state index contributed by atoms with van der Waals surface area (Å²) in [5.74, 6) is 0.918. The molecule has 0 aromatic heterocycles. The molecule has 82 valence electrons. The Bertz CT molecular complexity index is 346. The lowest BCUT2D eigenvalue weighted by atomic mass is 10.1. The van der Waals surface area contributed by atoms with E-state index in [4.69, 9.17) is 4.74 Å². The van der Waals surface area contributed by atoms with E-state index in [1.165, 1.54) is 11.1 Å². The van der Waals surface area contributed by atoms with E-state index in [-0.39, 0.29) is 12.2 Å². The van der Waals surface area contributed by atoms with Crippen molar-refractivity contribution in [1.29, 1.82) is 0 Å². The van der Waals surface area contributed by atoms with Crippen LogP contribution in [0.4, 0.5) is 0 Å². The molecule has 1 aliphatic carbocycles. The molecule has 0 aliphatic heterocycles. The van der Waals surface area contributed by atoms with Crippen LogP contribution in [0.2, 0.25) is 0 Å². The molecule has 1 aliphatic rings. The summed E-state index contributed by atoms with van der Waals surface area (Å²) in [6.07, 6.45) is 2.61. The fourth-order valence-corrected chi connectivity index (χ4v) is 2.06. The van der Waals surface area contributed by atoms with Gasteiger partial charge in [0.2, 0.25) is 0 Å². The number of rotatable bonds is 2. The normalized spacial score (nSPS) is 25.5. The Hall–Kier alpha value is -1.02. The van der Waals surface area contributed by atoms with E-state index in [1.54, 1.807) is 0 Å². The summed E-state index contributed by atoms with van der Waals surface area (Å²) in [5.41, 5.74) is 2.41. The van der Waals surface area contributed by atoms with E-state index >= 15 is 0 Å². The molecular weight excluding hydrogens is 188 g/mol. The van der Waals surface area contributed by atoms with Crippen molar-refractivity contribution in [3.8, 4) is 5.75 Å². The molecule has 2 rings (SSSR count). The molecule has 15 heavy (non-hydrogen) atoms. The molecule has 2 atom stereocenters. The van der Waals surface area contributed by atoms with Gasteiger partial charge in [-0.2, -0.15) is 0 Å². The van der Waals surface area contributed by atoms with E-state index in [0.29, 0.717) is 0 Å². The summed E-state index contributed by atoms with van der Waals surface area (Å²) in [4.78, 5) is 0. The first-order valence-corrected chi connectivity index (χ1v) is 5.59. The van der Waals surface area contributed by atoms with Crippen molar-refractivity contribution in [1.82, 2.24) is 0 Å². The summed E-state index contributed by atoms with van der Waals surface area (Å²) in [6.45, 7) is 4.14.